The molecule has 0 fully saturated rings. The first kappa shape index (κ1) is 17.6. The van der Waals surface area contributed by atoms with Gasteiger partial charge in [0.1, 0.15) is 0 Å². The van der Waals surface area contributed by atoms with E-state index in [1.54, 1.807) is 0 Å². The van der Waals surface area contributed by atoms with Crippen LogP contribution >= 0.6 is 0 Å². The highest BCUT2D eigenvalue weighted by molar-refractivity contribution is 6.04. The second kappa shape index (κ2) is 13.1. The fraction of sp³-hybridized carbons (Fsp3) is 0.625. The zero-order valence-corrected chi connectivity index (χ0v) is 12.0. The van der Waals surface area contributed by atoms with Gasteiger partial charge in [-0.3, -0.25) is 0 Å². The molecule has 0 aromatic rings. The van der Waals surface area contributed by atoms with Gasteiger partial charge >= 0.3 is 11.9 Å². The average molecular weight is 266 g/mol. The van der Waals surface area contributed by atoms with Crippen LogP contribution in [0.2, 0.25) is 0 Å². The van der Waals surface area contributed by atoms with E-state index in [0.29, 0.717) is 0 Å². The highest BCUT2D eigenvalue weighted by atomic mass is 16.6. The first-order valence-corrected chi connectivity index (χ1v) is 7.25. The van der Waals surface area contributed by atoms with E-state index < -0.39 is 11.9 Å². The third-order valence-electron chi connectivity index (χ3n) is 2.82. The van der Waals surface area contributed by atoms with Crippen LogP contribution in [0.5, 0.6) is 0 Å². The lowest BCUT2D eigenvalue weighted by Crippen LogP contribution is -1.96. The number of esters is 2. The number of unbranched alkanes of at least 4 members (excludes halogenated alkanes) is 8. The van der Waals surface area contributed by atoms with Crippen molar-refractivity contribution in [2.24, 2.45) is 0 Å². The molecule has 0 unspecified atom stereocenters. The summed E-state index contributed by atoms with van der Waals surface area (Å²) in [6.45, 7) is 5.99. The predicted octanol–water partition coefficient (Wildman–Crippen LogP) is 4.33. The van der Waals surface area contributed by atoms with Crippen LogP contribution in [0.4, 0.5) is 0 Å². The number of rotatable bonds is 9. The lowest BCUT2D eigenvalue weighted by atomic mass is 10.1. The first-order valence-electron chi connectivity index (χ1n) is 7.25. The first-order chi connectivity index (χ1) is 9.20. The molecule has 108 valence electrons. The van der Waals surface area contributed by atoms with Crippen molar-refractivity contribution in [3.8, 4) is 0 Å². The molecule has 19 heavy (non-hydrogen) atoms. The monoisotopic (exact) mass is 266 g/mol. The summed E-state index contributed by atoms with van der Waals surface area (Å²) in [5.74, 6) is -1.16. The fourth-order valence-electron chi connectivity index (χ4n) is 1.73. The summed E-state index contributed by atoms with van der Waals surface area (Å²) in [5.41, 5.74) is 0. The van der Waals surface area contributed by atoms with Crippen LogP contribution in [-0.4, -0.2) is 11.9 Å². The number of hydrogen-bond acceptors (Lipinski definition) is 3. The molecule has 1 aliphatic rings. The van der Waals surface area contributed by atoms with Crippen molar-refractivity contribution in [2.75, 3.05) is 0 Å². The SMILES string of the molecule is C=CCCCCCCCCCC.O=C1C=CC(=O)O1. The van der Waals surface area contributed by atoms with Crippen LogP contribution < -0.4 is 0 Å². The van der Waals surface area contributed by atoms with Gasteiger partial charge < -0.3 is 4.74 Å². The Morgan fingerprint density at radius 1 is 0.947 bits per heavy atom. The van der Waals surface area contributed by atoms with Crippen molar-refractivity contribution < 1.29 is 14.3 Å². The van der Waals surface area contributed by atoms with E-state index in [2.05, 4.69) is 18.2 Å². The van der Waals surface area contributed by atoms with Crippen molar-refractivity contribution in [2.45, 2.75) is 64.7 Å². The van der Waals surface area contributed by atoms with Crippen LogP contribution in [0.25, 0.3) is 0 Å². The molecule has 0 N–H and O–H groups in total. The molecule has 1 aliphatic heterocycles. The molecule has 0 aromatic carbocycles. The summed E-state index contributed by atoms with van der Waals surface area (Å²) >= 11 is 0. The Morgan fingerprint density at radius 3 is 1.79 bits per heavy atom. The van der Waals surface area contributed by atoms with E-state index in [1.807, 2.05) is 6.08 Å². The van der Waals surface area contributed by atoms with Crippen molar-refractivity contribution in [3.05, 3.63) is 24.8 Å². The van der Waals surface area contributed by atoms with Crippen LogP contribution in [0.3, 0.4) is 0 Å². The summed E-state index contributed by atoms with van der Waals surface area (Å²) in [4.78, 5) is 19.8. The van der Waals surface area contributed by atoms with Gasteiger partial charge in [0.05, 0.1) is 0 Å². The van der Waals surface area contributed by atoms with Crippen LogP contribution in [-0.2, 0) is 14.3 Å². The molecular weight excluding hydrogens is 240 g/mol. The Bertz CT molecular complexity index is 276. The number of carbonyl (C=O) groups is 2. The molecular formula is C16H26O3. The van der Waals surface area contributed by atoms with E-state index in [4.69, 9.17) is 0 Å². The maximum Gasteiger partial charge on any atom is 0.338 e. The molecule has 1 rings (SSSR count). The minimum Gasteiger partial charge on any atom is -0.387 e. The summed E-state index contributed by atoms with van der Waals surface area (Å²) in [7, 11) is 0. The molecule has 3 heteroatoms. The lowest BCUT2D eigenvalue weighted by molar-refractivity contribution is -0.150. The molecule has 0 amide bonds. The summed E-state index contributed by atoms with van der Waals surface area (Å²) in [6.07, 6.45) is 16.7. The van der Waals surface area contributed by atoms with Gasteiger partial charge in [0, 0.05) is 12.2 Å². The van der Waals surface area contributed by atoms with Gasteiger partial charge in [-0.1, -0.05) is 57.9 Å². The summed E-state index contributed by atoms with van der Waals surface area (Å²) in [5, 5.41) is 0. The molecule has 0 aromatic heterocycles. The Kier molecular flexibility index (Phi) is 12.1. The topological polar surface area (TPSA) is 43.4 Å². The Labute approximate surface area is 116 Å². The summed E-state index contributed by atoms with van der Waals surface area (Å²) < 4.78 is 3.97. The van der Waals surface area contributed by atoms with Crippen LogP contribution in [0, 0.1) is 0 Å². The summed E-state index contributed by atoms with van der Waals surface area (Å²) in [6, 6.07) is 0. The molecule has 3 nitrogen and oxygen atoms in total. The number of allylic oxidation sites excluding steroid dienone is 1. The standard InChI is InChI=1S/C12H24.C4H2O3/c1-3-5-7-9-11-12-10-8-6-4-2;5-3-1-2-4(6)7-3/h3H,1,4-12H2,2H3;1-2H. The minimum absolute atomic E-state index is 0.579. The highest BCUT2D eigenvalue weighted by Gasteiger charge is 2.10. The minimum atomic E-state index is -0.579. The maximum atomic E-state index is 9.92. The van der Waals surface area contributed by atoms with Crippen molar-refractivity contribution >= 4 is 11.9 Å². The van der Waals surface area contributed by atoms with Gasteiger partial charge in [0.2, 0.25) is 0 Å². The van der Waals surface area contributed by atoms with E-state index in [1.165, 1.54) is 57.8 Å². The zero-order chi connectivity index (χ0) is 14.3. The smallest absolute Gasteiger partial charge is 0.338 e. The zero-order valence-electron chi connectivity index (χ0n) is 12.0. The molecule has 0 saturated carbocycles. The van der Waals surface area contributed by atoms with Crippen LogP contribution in [0.15, 0.2) is 24.8 Å². The van der Waals surface area contributed by atoms with Gasteiger partial charge in [0.25, 0.3) is 0 Å². The number of hydrogen-bond donors (Lipinski definition) is 0. The Morgan fingerprint density at radius 2 is 1.42 bits per heavy atom. The normalized spacial score (nSPS) is 12.9. The third kappa shape index (κ3) is 12.9. The molecule has 1 heterocycles. The molecule has 0 atom stereocenters. The van der Waals surface area contributed by atoms with Crippen molar-refractivity contribution in [3.63, 3.8) is 0 Å². The van der Waals surface area contributed by atoms with Crippen LogP contribution in [0.1, 0.15) is 64.7 Å². The molecule has 0 spiro atoms. The van der Waals surface area contributed by atoms with Gasteiger partial charge in [-0.15, -0.1) is 6.58 Å². The molecule has 0 saturated heterocycles. The van der Waals surface area contributed by atoms with E-state index in [9.17, 15) is 9.59 Å². The number of ether oxygens (including phenoxy) is 1. The van der Waals surface area contributed by atoms with Gasteiger partial charge in [-0.2, -0.15) is 0 Å². The quantitative estimate of drug-likeness (QED) is 0.270. The second-order valence-electron chi connectivity index (χ2n) is 4.63. The maximum absolute atomic E-state index is 9.92. The van der Waals surface area contributed by atoms with E-state index >= 15 is 0 Å². The lowest BCUT2D eigenvalue weighted by Gasteiger charge is -1.99. The van der Waals surface area contributed by atoms with Crippen molar-refractivity contribution in [1.29, 1.82) is 0 Å². The average Bonchev–Trinajstić information content (AvgIpc) is 2.77. The van der Waals surface area contributed by atoms with E-state index in [0.717, 1.165) is 12.2 Å². The largest absolute Gasteiger partial charge is 0.387 e. The Balaban J connectivity index is 0.000000388. The molecule has 0 bridgehead atoms. The second-order valence-corrected chi connectivity index (χ2v) is 4.63. The molecule has 0 aliphatic carbocycles. The van der Waals surface area contributed by atoms with Gasteiger partial charge in [-0.25, -0.2) is 9.59 Å². The predicted molar refractivity (Wildman–Crippen MR) is 77.7 cm³/mol. The Hall–Kier alpha value is -1.38. The van der Waals surface area contributed by atoms with E-state index in [-0.39, 0.29) is 0 Å². The number of cyclic esters (lactones) is 2. The highest BCUT2D eigenvalue weighted by Crippen LogP contribution is 2.09. The van der Waals surface area contributed by atoms with Gasteiger partial charge in [-0.05, 0) is 12.8 Å². The van der Waals surface area contributed by atoms with Crippen molar-refractivity contribution in [1.82, 2.24) is 0 Å². The fourth-order valence-corrected chi connectivity index (χ4v) is 1.73. The molecule has 0 radical (unpaired) electrons. The van der Waals surface area contributed by atoms with Gasteiger partial charge in [0.15, 0.2) is 0 Å². The third-order valence-corrected chi connectivity index (χ3v) is 2.82. The number of carbonyl (C=O) groups excluding carboxylic acids is 2.